The topological polar surface area (TPSA) is 53.4 Å². The van der Waals surface area contributed by atoms with Crippen LogP contribution in [0.25, 0.3) is 10.6 Å². The molecule has 100 valence electrons. The molecule has 1 aliphatic heterocycles. The summed E-state index contributed by atoms with van der Waals surface area (Å²) in [6.45, 7) is 2.74. The number of rotatable bonds is 2. The molecule has 0 spiro atoms. The number of thiophene rings is 1. The van der Waals surface area contributed by atoms with Gasteiger partial charge in [-0.1, -0.05) is 0 Å². The second-order valence-corrected chi connectivity index (χ2v) is 6.66. The van der Waals surface area contributed by atoms with Gasteiger partial charge in [-0.05, 0) is 24.8 Å². The molecule has 1 aliphatic rings. The number of carbonyl (C=O) groups is 1. The average Bonchev–Trinajstić information content (AvgIpc) is 3.06. The van der Waals surface area contributed by atoms with Gasteiger partial charge in [0.2, 0.25) is 0 Å². The van der Waals surface area contributed by atoms with Gasteiger partial charge >= 0.3 is 0 Å². The van der Waals surface area contributed by atoms with Gasteiger partial charge in [0.1, 0.15) is 10.7 Å². The molecule has 1 fully saturated rings. The molecule has 3 heterocycles. The van der Waals surface area contributed by atoms with Gasteiger partial charge < -0.3 is 10.0 Å². The summed E-state index contributed by atoms with van der Waals surface area (Å²) >= 11 is 3.10. The SMILES string of the molecule is C[C@@]1(O)CCN(C(=O)c2csc(-c3ccsc3)n2)C1. The van der Waals surface area contributed by atoms with E-state index in [1.807, 2.05) is 16.8 Å². The van der Waals surface area contributed by atoms with Crippen molar-refractivity contribution in [2.75, 3.05) is 13.1 Å². The third-order valence-corrected chi connectivity index (χ3v) is 4.81. The van der Waals surface area contributed by atoms with Crippen molar-refractivity contribution in [2.45, 2.75) is 18.9 Å². The zero-order chi connectivity index (χ0) is 13.5. The maximum Gasteiger partial charge on any atom is 0.273 e. The quantitative estimate of drug-likeness (QED) is 0.925. The normalized spacial score (nSPS) is 22.9. The zero-order valence-electron chi connectivity index (χ0n) is 10.5. The summed E-state index contributed by atoms with van der Waals surface area (Å²) in [6.07, 6.45) is 0.625. The Morgan fingerprint density at radius 2 is 2.37 bits per heavy atom. The molecule has 0 bridgehead atoms. The fraction of sp³-hybridized carbons (Fsp3) is 0.385. The second kappa shape index (κ2) is 4.70. The number of amides is 1. The Morgan fingerprint density at radius 1 is 1.53 bits per heavy atom. The highest BCUT2D eigenvalue weighted by molar-refractivity contribution is 7.14. The first-order valence-electron chi connectivity index (χ1n) is 6.05. The number of hydrogen-bond acceptors (Lipinski definition) is 5. The standard InChI is InChI=1S/C13H14N2O2S2/c1-13(17)3-4-15(8-13)12(16)10-7-19-11(14-10)9-2-5-18-6-9/h2,5-7,17H,3-4,8H2,1H3/t13-/m1/s1. The lowest BCUT2D eigenvalue weighted by Gasteiger charge is -2.17. The van der Waals surface area contributed by atoms with Crippen LogP contribution in [0, 0.1) is 0 Å². The van der Waals surface area contributed by atoms with Crippen LogP contribution in [-0.2, 0) is 0 Å². The van der Waals surface area contributed by atoms with Crippen LogP contribution < -0.4 is 0 Å². The van der Waals surface area contributed by atoms with E-state index in [4.69, 9.17) is 0 Å². The fourth-order valence-electron chi connectivity index (χ4n) is 2.17. The zero-order valence-corrected chi connectivity index (χ0v) is 12.1. The van der Waals surface area contributed by atoms with E-state index in [1.54, 1.807) is 28.5 Å². The van der Waals surface area contributed by atoms with Crippen LogP contribution in [0.4, 0.5) is 0 Å². The first-order chi connectivity index (χ1) is 9.05. The van der Waals surface area contributed by atoms with Crippen molar-refractivity contribution in [3.05, 3.63) is 27.9 Å². The molecule has 6 heteroatoms. The molecular weight excluding hydrogens is 280 g/mol. The smallest absolute Gasteiger partial charge is 0.273 e. The van der Waals surface area contributed by atoms with Crippen molar-refractivity contribution in [1.82, 2.24) is 9.88 Å². The van der Waals surface area contributed by atoms with Crippen molar-refractivity contribution < 1.29 is 9.90 Å². The minimum Gasteiger partial charge on any atom is -0.388 e. The fourth-order valence-corrected chi connectivity index (χ4v) is 3.68. The molecule has 1 atom stereocenters. The number of aromatic nitrogens is 1. The first kappa shape index (κ1) is 12.8. The van der Waals surface area contributed by atoms with Gasteiger partial charge in [0.25, 0.3) is 5.91 Å². The number of likely N-dealkylation sites (tertiary alicyclic amines) is 1. The van der Waals surface area contributed by atoms with E-state index in [1.165, 1.54) is 11.3 Å². The summed E-state index contributed by atoms with van der Waals surface area (Å²) < 4.78 is 0. The van der Waals surface area contributed by atoms with Crippen LogP contribution >= 0.6 is 22.7 Å². The molecule has 0 saturated carbocycles. The largest absolute Gasteiger partial charge is 0.388 e. The number of hydrogen-bond donors (Lipinski definition) is 1. The lowest BCUT2D eigenvalue weighted by atomic mass is 10.1. The molecule has 0 unspecified atom stereocenters. The molecule has 4 nitrogen and oxygen atoms in total. The van der Waals surface area contributed by atoms with Crippen molar-refractivity contribution >= 4 is 28.6 Å². The molecule has 0 radical (unpaired) electrons. The minimum atomic E-state index is -0.762. The summed E-state index contributed by atoms with van der Waals surface area (Å²) in [5.41, 5.74) is 0.772. The average molecular weight is 294 g/mol. The van der Waals surface area contributed by atoms with Crippen LogP contribution in [-0.4, -0.2) is 39.6 Å². The number of thiazole rings is 1. The molecule has 0 aromatic carbocycles. The number of β-amino-alcohol motifs (C(OH)–C–C–N with tert-alkyl or cyclic N) is 1. The Labute approximate surface area is 119 Å². The van der Waals surface area contributed by atoms with Gasteiger partial charge in [-0.2, -0.15) is 11.3 Å². The number of nitrogens with zero attached hydrogens (tertiary/aromatic N) is 2. The monoisotopic (exact) mass is 294 g/mol. The molecular formula is C13H14N2O2S2. The van der Waals surface area contributed by atoms with E-state index in [0.29, 0.717) is 25.2 Å². The Balaban J connectivity index is 1.78. The lowest BCUT2D eigenvalue weighted by molar-refractivity contribution is 0.0569. The predicted molar refractivity (Wildman–Crippen MR) is 76.6 cm³/mol. The second-order valence-electron chi connectivity index (χ2n) is 5.02. The van der Waals surface area contributed by atoms with Crippen molar-refractivity contribution in [3.8, 4) is 10.6 Å². The summed E-state index contributed by atoms with van der Waals surface area (Å²) in [5.74, 6) is -0.0875. The number of aliphatic hydroxyl groups is 1. The Kier molecular flexibility index (Phi) is 3.16. The maximum absolute atomic E-state index is 12.3. The molecule has 3 rings (SSSR count). The molecule has 0 aliphatic carbocycles. The van der Waals surface area contributed by atoms with Crippen LogP contribution in [0.3, 0.4) is 0 Å². The molecule has 2 aromatic rings. The van der Waals surface area contributed by atoms with E-state index < -0.39 is 5.60 Å². The number of carbonyl (C=O) groups excluding carboxylic acids is 1. The highest BCUT2D eigenvalue weighted by Gasteiger charge is 2.35. The predicted octanol–water partition coefficient (Wildman–Crippen LogP) is 2.47. The van der Waals surface area contributed by atoms with E-state index in [9.17, 15) is 9.90 Å². The summed E-state index contributed by atoms with van der Waals surface area (Å²) in [4.78, 5) is 18.3. The molecule has 1 N–H and O–H groups in total. The van der Waals surface area contributed by atoms with Crippen LogP contribution in [0.2, 0.25) is 0 Å². The highest BCUT2D eigenvalue weighted by atomic mass is 32.1. The molecule has 19 heavy (non-hydrogen) atoms. The van der Waals surface area contributed by atoms with E-state index >= 15 is 0 Å². The Bertz CT molecular complexity index is 590. The Morgan fingerprint density at radius 3 is 3.00 bits per heavy atom. The highest BCUT2D eigenvalue weighted by Crippen LogP contribution is 2.27. The maximum atomic E-state index is 12.3. The molecule has 2 aromatic heterocycles. The van der Waals surface area contributed by atoms with Crippen molar-refractivity contribution in [3.63, 3.8) is 0 Å². The van der Waals surface area contributed by atoms with Gasteiger partial charge in [0, 0.05) is 29.4 Å². The van der Waals surface area contributed by atoms with Gasteiger partial charge in [0.05, 0.1) is 5.60 Å². The molecule has 1 amide bonds. The van der Waals surface area contributed by atoms with E-state index in [-0.39, 0.29) is 5.91 Å². The summed E-state index contributed by atoms with van der Waals surface area (Å²) in [6, 6.07) is 2.00. The van der Waals surface area contributed by atoms with Gasteiger partial charge in [-0.15, -0.1) is 11.3 Å². The first-order valence-corrected chi connectivity index (χ1v) is 7.87. The van der Waals surface area contributed by atoms with Crippen molar-refractivity contribution in [1.29, 1.82) is 0 Å². The van der Waals surface area contributed by atoms with Gasteiger partial charge in [-0.25, -0.2) is 4.98 Å². The van der Waals surface area contributed by atoms with Gasteiger partial charge in [0.15, 0.2) is 0 Å². The molecule has 1 saturated heterocycles. The third-order valence-electron chi connectivity index (χ3n) is 3.23. The minimum absolute atomic E-state index is 0.0875. The van der Waals surface area contributed by atoms with Crippen LogP contribution in [0.1, 0.15) is 23.8 Å². The van der Waals surface area contributed by atoms with Crippen LogP contribution in [0.5, 0.6) is 0 Å². The van der Waals surface area contributed by atoms with E-state index in [0.717, 1.165) is 10.6 Å². The third kappa shape index (κ3) is 2.56. The lowest BCUT2D eigenvalue weighted by Crippen LogP contribution is -2.34. The van der Waals surface area contributed by atoms with Gasteiger partial charge in [-0.3, -0.25) is 4.79 Å². The van der Waals surface area contributed by atoms with Crippen LogP contribution in [0.15, 0.2) is 22.2 Å². The summed E-state index contributed by atoms with van der Waals surface area (Å²) in [5, 5.41) is 16.6. The van der Waals surface area contributed by atoms with Crippen molar-refractivity contribution in [2.24, 2.45) is 0 Å². The van der Waals surface area contributed by atoms with E-state index in [2.05, 4.69) is 4.98 Å². The summed E-state index contributed by atoms with van der Waals surface area (Å²) in [7, 11) is 0. The Hall–Kier alpha value is -1.24.